The summed E-state index contributed by atoms with van der Waals surface area (Å²) in [6, 6.07) is 0. The first-order valence-corrected chi connectivity index (χ1v) is 6.01. The van der Waals surface area contributed by atoms with Crippen LogP contribution in [-0.4, -0.2) is 0 Å². The maximum Gasteiger partial charge on any atom is -0.0174 e. The number of allylic oxidation sites excluding steroid dienone is 3. The molecule has 0 bridgehead atoms. The van der Waals surface area contributed by atoms with Gasteiger partial charge in [-0.2, -0.15) is 0 Å². The molecule has 2 atom stereocenters. The van der Waals surface area contributed by atoms with E-state index >= 15 is 0 Å². The average molecular weight is 194 g/mol. The third kappa shape index (κ3) is 3.69. The molecule has 0 nitrogen and oxygen atoms in total. The first-order valence-electron chi connectivity index (χ1n) is 6.01. The molecule has 0 aliphatic heterocycles. The second-order valence-electron chi connectivity index (χ2n) is 4.12. The van der Waals surface area contributed by atoms with Gasteiger partial charge in [0.05, 0.1) is 0 Å². The molecular formula is C14H26. The van der Waals surface area contributed by atoms with Crippen LogP contribution in [0.3, 0.4) is 0 Å². The maximum absolute atomic E-state index is 4.03. The molecule has 0 aromatic rings. The molecule has 0 heteroatoms. The molecule has 0 spiro atoms. The topological polar surface area (TPSA) is 0 Å². The summed E-state index contributed by atoms with van der Waals surface area (Å²) >= 11 is 0. The lowest BCUT2D eigenvalue weighted by Crippen LogP contribution is -2.17. The summed E-state index contributed by atoms with van der Waals surface area (Å²) < 4.78 is 0. The molecule has 1 rings (SSSR count). The Labute approximate surface area is 90.1 Å². The molecule has 82 valence electrons. The molecule has 0 saturated heterocycles. The fourth-order valence-corrected chi connectivity index (χ4v) is 2.32. The van der Waals surface area contributed by atoms with Gasteiger partial charge < -0.3 is 0 Å². The van der Waals surface area contributed by atoms with Crippen molar-refractivity contribution in [3.63, 3.8) is 0 Å². The Balaban J connectivity index is 0.000000791. The standard InChI is InChI=1S/C12H20.C2H6/c1-5-6-12-10(3)7-9(2)8-11(12)4;1-2/h7,11-12H,2,5-6,8H2,1,3-4H3;1-2H3. The zero-order valence-corrected chi connectivity index (χ0v) is 10.6. The van der Waals surface area contributed by atoms with Crippen LogP contribution < -0.4 is 0 Å². The van der Waals surface area contributed by atoms with E-state index in [0.717, 1.165) is 11.8 Å². The van der Waals surface area contributed by atoms with E-state index in [2.05, 4.69) is 33.4 Å². The molecule has 1 aliphatic carbocycles. The molecule has 0 aromatic carbocycles. The number of hydrogen-bond acceptors (Lipinski definition) is 0. The minimum absolute atomic E-state index is 0.808. The summed E-state index contributed by atoms with van der Waals surface area (Å²) in [5.74, 6) is 1.63. The van der Waals surface area contributed by atoms with Crippen LogP contribution in [0.5, 0.6) is 0 Å². The second kappa shape index (κ2) is 6.86. The van der Waals surface area contributed by atoms with Gasteiger partial charge in [-0.05, 0) is 31.6 Å². The molecule has 0 N–H and O–H groups in total. The monoisotopic (exact) mass is 194 g/mol. The summed E-state index contributed by atoms with van der Waals surface area (Å²) in [4.78, 5) is 0. The third-order valence-electron chi connectivity index (χ3n) is 2.89. The minimum Gasteiger partial charge on any atom is -0.0958 e. The van der Waals surface area contributed by atoms with Crippen molar-refractivity contribution in [1.82, 2.24) is 0 Å². The van der Waals surface area contributed by atoms with Crippen molar-refractivity contribution in [3.05, 3.63) is 23.8 Å². The second-order valence-corrected chi connectivity index (χ2v) is 4.12. The fourth-order valence-electron chi connectivity index (χ4n) is 2.32. The zero-order chi connectivity index (χ0) is 11.1. The molecule has 0 heterocycles. The van der Waals surface area contributed by atoms with E-state index in [1.54, 1.807) is 5.57 Å². The third-order valence-corrected chi connectivity index (χ3v) is 2.89. The van der Waals surface area contributed by atoms with Gasteiger partial charge in [0.25, 0.3) is 0 Å². The normalized spacial score (nSPS) is 26.4. The lowest BCUT2D eigenvalue weighted by molar-refractivity contribution is 0.370. The summed E-state index contributed by atoms with van der Waals surface area (Å²) in [7, 11) is 0. The van der Waals surface area contributed by atoms with E-state index in [9.17, 15) is 0 Å². The first-order chi connectivity index (χ1) is 6.65. The van der Waals surface area contributed by atoms with Gasteiger partial charge in [0.1, 0.15) is 0 Å². The fraction of sp³-hybridized carbons (Fsp3) is 0.714. The van der Waals surface area contributed by atoms with Gasteiger partial charge in [0, 0.05) is 0 Å². The summed E-state index contributed by atoms with van der Waals surface area (Å²) in [5, 5.41) is 0. The molecule has 0 radical (unpaired) electrons. The molecule has 1 aliphatic rings. The minimum atomic E-state index is 0.808. The summed E-state index contributed by atoms with van der Waals surface area (Å²) in [5.41, 5.74) is 2.85. The van der Waals surface area contributed by atoms with Crippen molar-refractivity contribution in [2.24, 2.45) is 11.8 Å². The Hall–Kier alpha value is -0.520. The van der Waals surface area contributed by atoms with Crippen LogP contribution in [0.4, 0.5) is 0 Å². The first kappa shape index (κ1) is 13.5. The van der Waals surface area contributed by atoms with E-state index in [1.165, 1.54) is 24.8 Å². The van der Waals surface area contributed by atoms with Gasteiger partial charge in [-0.15, -0.1) is 0 Å². The van der Waals surface area contributed by atoms with Crippen molar-refractivity contribution in [1.29, 1.82) is 0 Å². The Morgan fingerprint density at radius 3 is 2.43 bits per heavy atom. The highest BCUT2D eigenvalue weighted by Gasteiger charge is 2.22. The van der Waals surface area contributed by atoms with Crippen LogP contribution in [0.2, 0.25) is 0 Å². The molecule has 0 amide bonds. The van der Waals surface area contributed by atoms with Crippen molar-refractivity contribution >= 4 is 0 Å². The van der Waals surface area contributed by atoms with Gasteiger partial charge in [0.15, 0.2) is 0 Å². The molecular weight excluding hydrogens is 168 g/mol. The van der Waals surface area contributed by atoms with Crippen LogP contribution in [-0.2, 0) is 0 Å². The Bertz CT molecular complexity index is 198. The predicted molar refractivity (Wildman–Crippen MR) is 66.4 cm³/mol. The van der Waals surface area contributed by atoms with E-state index in [4.69, 9.17) is 0 Å². The molecule has 0 aromatic heterocycles. The molecule has 2 unspecified atom stereocenters. The van der Waals surface area contributed by atoms with Crippen molar-refractivity contribution < 1.29 is 0 Å². The highest BCUT2D eigenvalue weighted by Crippen LogP contribution is 2.34. The van der Waals surface area contributed by atoms with E-state index in [-0.39, 0.29) is 0 Å². The van der Waals surface area contributed by atoms with Crippen LogP contribution in [0.15, 0.2) is 23.8 Å². The molecule has 0 saturated carbocycles. The zero-order valence-electron chi connectivity index (χ0n) is 10.6. The maximum atomic E-state index is 4.03. The van der Waals surface area contributed by atoms with Crippen LogP contribution in [0, 0.1) is 11.8 Å². The largest absolute Gasteiger partial charge is 0.0958 e. The lowest BCUT2D eigenvalue weighted by atomic mass is 9.76. The highest BCUT2D eigenvalue weighted by molar-refractivity contribution is 5.26. The van der Waals surface area contributed by atoms with Gasteiger partial charge in [-0.25, -0.2) is 0 Å². The highest BCUT2D eigenvalue weighted by atomic mass is 14.3. The van der Waals surface area contributed by atoms with Crippen LogP contribution >= 0.6 is 0 Å². The predicted octanol–water partition coefficient (Wildman–Crippen LogP) is 4.97. The lowest BCUT2D eigenvalue weighted by Gasteiger charge is -2.29. The smallest absolute Gasteiger partial charge is 0.0174 e. The molecule has 0 fully saturated rings. The average Bonchev–Trinajstić information content (AvgIpc) is 2.14. The summed E-state index contributed by atoms with van der Waals surface area (Å²) in [6.45, 7) is 14.9. The van der Waals surface area contributed by atoms with Crippen molar-refractivity contribution in [3.8, 4) is 0 Å². The van der Waals surface area contributed by atoms with Crippen molar-refractivity contribution in [2.75, 3.05) is 0 Å². The van der Waals surface area contributed by atoms with Crippen LogP contribution in [0.1, 0.15) is 53.9 Å². The molecule has 14 heavy (non-hydrogen) atoms. The van der Waals surface area contributed by atoms with Gasteiger partial charge in [-0.1, -0.05) is 57.9 Å². The van der Waals surface area contributed by atoms with E-state index < -0.39 is 0 Å². The number of hydrogen-bond donors (Lipinski definition) is 0. The van der Waals surface area contributed by atoms with Gasteiger partial charge >= 0.3 is 0 Å². The Kier molecular flexibility index (Phi) is 6.61. The summed E-state index contributed by atoms with van der Waals surface area (Å²) in [6.07, 6.45) is 6.12. The van der Waals surface area contributed by atoms with Crippen LogP contribution in [0.25, 0.3) is 0 Å². The van der Waals surface area contributed by atoms with E-state index in [0.29, 0.717) is 0 Å². The van der Waals surface area contributed by atoms with Gasteiger partial charge in [-0.3, -0.25) is 0 Å². The quantitative estimate of drug-likeness (QED) is 0.582. The van der Waals surface area contributed by atoms with E-state index in [1.807, 2.05) is 13.8 Å². The van der Waals surface area contributed by atoms with Gasteiger partial charge in [0.2, 0.25) is 0 Å². The van der Waals surface area contributed by atoms with Crippen molar-refractivity contribution in [2.45, 2.75) is 53.9 Å². The number of rotatable bonds is 2. The Morgan fingerprint density at radius 1 is 1.43 bits per heavy atom. The SMILES string of the molecule is C=C1C=C(C)C(CCC)C(C)C1.CC. The Morgan fingerprint density at radius 2 is 2.00 bits per heavy atom.